The summed E-state index contributed by atoms with van der Waals surface area (Å²) in [6.07, 6.45) is -4.41. The molecule has 0 radical (unpaired) electrons. The normalized spacial score (nSPS) is 18.0. The van der Waals surface area contributed by atoms with E-state index in [4.69, 9.17) is 9.31 Å². The van der Waals surface area contributed by atoms with Crippen LogP contribution in [-0.4, -0.2) is 24.2 Å². The van der Waals surface area contributed by atoms with Crippen LogP contribution >= 0.6 is 0 Å². The van der Waals surface area contributed by atoms with Crippen LogP contribution in [0.2, 0.25) is 0 Å². The van der Waals surface area contributed by atoms with Gasteiger partial charge < -0.3 is 14.6 Å². The third kappa shape index (κ3) is 4.82. The quantitative estimate of drug-likeness (QED) is 0.777. The Balaban J connectivity index is 1.63. The molecular formula is C21H23BF3NO3. The molecular weight excluding hydrogens is 382 g/mol. The van der Waals surface area contributed by atoms with Crippen molar-refractivity contribution < 1.29 is 27.3 Å². The van der Waals surface area contributed by atoms with Crippen molar-refractivity contribution in [2.45, 2.75) is 51.5 Å². The summed E-state index contributed by atoms with van der Waals surface area (Å²) < 4.78 is 50.3. The number of halogens is 3. The van der Waals surface area contributed by atoms with Crippen LogP contribution in [0.1, 0.15) is 38.8 Å². The average molecular weight is 405 g/mol. The molecule has 1 heterocycles. The molecule has 1 saturated heterocycles. The average Bonchev–Trinajstić information content (AvgIpc) is 2.82. The van der Waals surface area contributed by atoms with Crippen LogP contribution in [0.3, 0.4) is 0 Å². The molecule has 1 aliphatic rings. The molecule has 2 aromatic rings. The third-order valence-corrected chi connectivity index (χ3v) is 5.34. The van der Waals surface area contributed by atoms with Crippen molar-refractivity contribution in [2.24, 2.45) is 0 Å². The van der Waals surface area contributed by atoms with E-state index in [9.17, 15) is 18.0 Å². The number of hydrogen-bond donors (Lipinski definition) is 1. The van der Waals surface area contributed by atoms with Crippen molar-refractivity contribution in [3.05, 3.63) is 59.7 Å². The maximum Gasteiger partial charge on any atom is 0.494 e. The number of alkyl halides is 3. The van der Waals surface area contributed by atoms with Gasteiger partial charge in [0.15, 0.2) is 0 Å². The van der Waals surface area contributed by atoms with Crippen molar-refractivity contribution in [3.63, 3.8) is 0 Å². The monoisotopic (exact) mass is 405 g/mol. The zero-order valence-corrected chi connectivity index (χ0v) is 16.8. The fraction of sp³-hybridized carbons (Fsp3) is 0.381. The first-order chi connectivity index (χ1) is 13.4. The molecule has 0 aromatic heterocycles. The Morgan fingerprint density at radius 1 is 1.00 bits per heavy atom. The van der Waals surface area contributed by atoms with Gasteiger partial charge >= 0.3 is 13.3 Å². The molecule has 1 aliphatic heterocycles. The lowest BCUT2D eigenvalue weighted by Crippen LogP contribution is -2.41. The number of hydrogen-bond acceptors (Lipinski definition) is 3. The van der Waals surface area contributed by atoms with Crippen molar-refractivity contribution in [1.29, 1.82) is 0 Å². The number of carbonyl (C=O) groups is 1. The minimum atomic E-state index is -4.45. The van der Waals surface area contributed by atoms with Crippen LogP contribution in [0.25, 0.3) is 0 Å². The van der Waals surface area contributed by atoms with Crippen molar-refractivity contribution in [2.75, 3.05) is 5.32 Å². The van der Waals surface area contributed by atoms with Gasteiger partial charge in [0.2, 0.25) is 5.91 Å². The smallest absolute Gasteiger partial charge is 0.399 e. The van der Waals surface area contributed by atoms with Gasteiger partial charge in [-0.05, 0) is 56.9 Å². The molecule has 4 nitrogen and oxygen atoms in total. The first kappa shape index (κ1) is 21.4. The molecule has 154 valence electrons. The van der Waals surface area contributed by atoms with Crippen LogP contribution < -0.4 is 10.8 Å². The second kappa shape index (κ2) is 7.50. The number of amides is 1. The van der Waals surface area contributed by atoms with Crippen LogP contribution in [0.4, 0.5) is 18.9 Å². The molecule has 0 atom stereocenters. The number of anilines is 1. The standard InChI is InChI=1S/C21H23BF3NO3/c1-19(2)20(3,4)29-22(28-19)16-10-8-14(9-11-16)12-18(27)26-17-7-5-6-15(13-17)21(23,24)25/h5-11,13H,12H2,1-4H3,(H,26,27). The second-order valence-corrected chi connectivity index (χ2v) is 8.13. The number of nitrogens with one attached hydrogen (secondary N) is 1. The van der Waals surface area contributed by atoms with Gasteiger partial charge in [-0.15, -0.1) is 0 Å². The van der Waals surface area contributed by atoms with Crippen LogP contribution in [0.15, 0.2) is 48.5 Å². The van der Waals surface area contributed by atoms with Crippen molar-refractivity contribution >= 4 is 24.2 Å². The van der Waals surface area contributed by atoms with E-state index in [1.54, 1.807) is 12.1 Å². The first-order valence-corrected chi connectivity index (χ1v) is 9.29. The summed E-state index contributed by atoms with van der Waals surface area (Å²) in [5.74, 6) is -0.396. The van der Waals surface area contributed by atoms with E-state index in [0.29, 0.717) is 0 Å². The molecule has 0 aliphatic carbocycles. The van der Waals surface area contributed by atoms with E-state index in [1.807, 2.05) is 39.8 Å². The van der Waals surface area contributed by atoms with Crippen LogP contribution in [-0.2, 0) is 26.7 Å². The van der Waals surface area contributed by atoms with Crippen molar-refractivity contribution in [1.82, 2.24) is 0 Å². The minimum Gasteiger partial charge on any atom is -0.399 e. The Hall–Kier alpha value is -2.32. The zero-order chi connectivity index (χ0) is 21.4. The summed E-state index contributed by atoms with van der Waals surface area (Å²) in [7, 11) is -0.493. The third-order valence-electron chi connectivity index (χ3n) is 5.34. The highest BCUT2D eigenvalue weighted by atomic mass is 19.4. The maximum atomic E-state index is 12.8. The summed E-state index contributed by atoms with van der Waals surface area (Å²) in [5, 5.41) is 2.51. The molecule has 0 saturated carbocycles. The molecule has 2 aromatic carbocycles. The van der Waals surface area contributed by atoms with Crippen molar-refractivity contribution in [3.8, 4) is 0 Å². The molecule has 0 spiro atoms. The zero-order valence-electron chi connectivity index (χ0n) is 16.8. The SMILES string of the molecule is CC1(C)OB(c2ccc(CC(=O)Nc3cccc(C(F)(F)F)c3)cc2)OC1(C)C. The van der Waals surface area contributed by atoms with E-state index in [2.05, 4.69) is 5.32 Å². The van der Waals surface area contributed by atoms with Gasteiger partial charge in [0.05, 0.1) is 23.2 Å². The fourth-order valence-electron chi connectivity index (χ4n) is 2.94. The lowest BCUT2D eigenvalue weighted by Gasteiger charge is -2.32. The van der Waals surface area contributed by atoms with Gasteiger partial charge in [-0.25, -0.2) is 0 Å². The van der Waals surface area contributed by atoms with E-state index in [1.165, 1.54) is 12.1 Å². The summed E-state index contributed by atoms with van der Waals surface area (Å²) in [4.78, 5) is 12.2. The topological polar surface area (TPSA) is 47.6 Å². The molecule has 8 heteroatoms. The number of rotatable bonds is 4. The Morgan fingerprint density at radius 3 is 2.14 bits per heavy atom. The highest BCUT2D eigenvalue weighted by Gasteiger charge is 2.51. The Bertz CT molecular complexity index is 879. The van der Waals surface area contributed by atoms with Gasteiger partial charge in [-0.2, -0.15) is 13.2 Å². The van der Waals surface area contributed by atoms with Gasteiger partial charge in [0, 0.05) is 5.69 Å². The summed E-state index contributed by atoms with van der Waals surface area (Å²) >= 11 is 0. The largest absolute Gasteiger partial charge is 0.494 e. The predicted octanol–water partition coefficient (Wildman–Crippen LogP) is 4.19. The van der Waals surface area contributed by atoms with Gasteiger partial charge in [0.1, 0.15) is 0 Å². The van der Waals surface area contributed by atoms with Crippen LogP contribution in [0, 0.1) is 0 Å². The molecule has 1 fully saturated rings. The summed E-state index contributed by atoms with van der Waals surface area (Å²) in [5.41, 5.74) is -0.0105. The molecule has 3 rings (SSSR count). The predicted molar refractivity (Wildman–Crippen MR) is 106 cm³/mol. The Morgan fingerprint density at radius 2 is 1.59 bits per heavy atom. The van der Waals surface area contributed by atoms with Gasteiger partial charge in [-0.1, -0.05) is 30.3 Å². The van der Waals surface area contributed by atoms with Gasteiger partial charge in [0.25, 0.3) is 0 Å². The maximum absolute atomic E-state index is 12.8. The Kier molecular flexibility index (Phi) is 5.53. The minimum absolute atomic E-state index is 0.0416. The lowest BCUT2D eigenvalue weighted by molar-refractivity contribution is -0.137. The molecule has 1 amide bonds. The molecule has 0 unspecified atom stereocenters. The van der Waals surface area contributed by atoms with E-state index in [0.717, 1.165) is 23.2 Å². The lowest BCUT2D eigenvalue weighted by atomic mass is 9.79. The highest BCUT2D eigenvalue weighted by molar-refractivity contribution is 6.62. The van der Waals surface area contributed by atoms with E-state index in [-0.39, 0.29) is 12.1 Å². The van der Waals surface area contributed by atoms with Gasteiger partial charge in [-0.3, -0.25) is 4.79 Å². The fourth-order valence-corrected chi connectivity index (χ4v) is 2.94. The number of carbonyl (C=O) groups excluding carboxylic acids is 1. The summed E-state index contributed by atoms with van der Waals surface area (Å²) in [6, 6.07) is 11.8. The number of benzene rings is 2. The summed E-state index contributed by atoms with van der Waals surface area (Å²) in [6.45, 7) is 7.89. The second-order valence-electron chi connectivity index (χ2n) is 8.13. The first-order valence-electron chi connectivity index (χ1n) is 9.29. The molecule has 29 heavy (non-hydrogen) atoms. The highest BCUT2D eigenvalue weighted by Crippen LogP contribution is 2.36. The van der Waals surface area contributed by atoms with Crippen LogP contribution in [0.5, 0.6) is 0 Å². The Labute approximate surface area is 168 Å². The van der Waals surface area contributed by atoms with E-state index < -0.39 is 36.0 Å². The molecule has 0 bridgehead atoms. The van der Waals surface area contributed by atoms with E-state index >= 15 is 0 Å². The molecule has 1 N–H and O–H groups in total.